The lowest BCUT2D eigenvalue weighted by Gasteiger charge is -2.21. The first-order valence-electron chi connectivity index (χ1n) is 39.1. The Morgan fingerprint density at radius 2 is 0.485 bits per heavy atom. The lowest BCUT2D eigenvalue weighted by Crippen LogP contribution is -2.30. The van der Waals surface area contributed by atoms with E-state index in [2.05, 4.69) is 203 Å². The highest BCUT2D eigenvalue weighted by molar-refractivity contribution is 7.47. The third kappa shape index (κ3) is 77.6. The maximum Gasteiger partial charge on any atom is 0.472 e. The highest BCUT2D eigenvalue weighted by Crippen LogP contribution is 2.45. The summed E-state index contributed by atoms with van der Waals surface area (Å²) in [6, 6.07) is 0. The minimum atomic E-state index is -4.95. The van der Waals surface area contributed by atoms with Crippen LogP contribution in [0.2, 0.25) is 0 Å². The highest BCUT2D eigenvalue weighted by atomic mass is 31.2. The van der Waals surface area contributed by atoms with E-state index in [1.807, 2.05) is 0 Å². The first-order valence-corrected chi connectivity index (χ1v) is 42.1. The molecule has 0 saturated carbocycles. The Kier molecular flexibility index (Phi) is 72.3. The van der Waals surface area contributed by atoms with E-state index in [4.69, 9.17) is 32.3 Å². The normalized spacial score (nSPS) is 15.0. The van der Waals surface area contributed by atoms with Crippen molar-refractivity contribution in [2.75, 3.05) is 39.6 Å². The molecule has 0 aromatic carbocycles. The zero-order valence-electron chi connectivity index (χ0n) is 63.7. The molecule has 18 heteroatoms. The molecule has 0 aromatic heterocycles. The Morgan fingerprint density at radius 1 is 0.272 bits per heavy atom. The number of esters is 3. The van der Waals surface area contributed by atoms with Gasteiger partial charge in [-0.1, -0.05) is 287 Å². The van der Waals surface area contributed by atoms with E-state index >= 15 is 0 Å². The summed E-state index contributed by atoms with van der Waals surface area (Å²) in [4.78, 5) is 58.7. The molecule has 5 unspecified atom stereocenters. The zero-order chi connectivity index (χ0) is 75.2. The summed E-state index contributed by atoms with van der Waals surface area (Å²) in [5, 5.41) is 20.6. The lowest BCUT2D eigenvalue weighted by molar-refractivity contribution is -0.161. The highest BCUT2D eigenvalue weighted by Gasteiger charge is 2.29. The smallest absolute Gasteiger partial charge is 0.463 e. The summed E-state index contributed by atoms with van der Waals surface area (Å²) in [6.07, 6.45) is 97.8. The van der Waals surface area contributed by atoms with E-state index in [-0.39, 0.29) is 19.3 Å². The van der Waals surface area contributed by atoms with Gasteiger partial charge < -0.3 is 34.2 Å². The second-order valence-electron chi connectivity index (χ2n) is 25.4. The van der Waals surface area contributed by atoms with Gasteiger partial charge in [0.2, 0.25) is 0 Å². The number of carbonyl (C=O) groups excluding carboxylic acids is 3. The number of hydrogen-bond donors (Lipinski definition) is 4. The molecule has 0 heterocycles. The number of aliphatic hydroxyl groups excluding tert-OH is 2. The van der Waals surface area contributed by atoms with Crippen LogP contribution in [0.15, 0.2) is 182 Å². The molecule has 0 saturated heterocycles. The summed E-state index contributed by atoms with van der Waals surface area (Å²) < 4.78 is 61.1. The molecule has 5 atom stereocenters. The first kappa shape index (κ1) is 97.7. The Balaban J connectivity index is 4.72. The van der Waals surface area contributed by atoms with E-state index in [1.54, 1.807) is 0 Å². The molecule has 0 aliphatic rings. The van der Waals surface area contributed by atoms with E-state index in [0.29, 0.717) is 19.3 Å². The van der Waals surface area contributed by atoms with Crippen molar-refractivity contribution in [3.05, 3.63) is 182 Å². The van der Waals surface area contributed by atoms with Crippen molar-refractivity contribution < 1.29 is 75.8 Å². The fourth-order valence-electron chi connectivity index (χ4n) is 9.77. The van der Waals surface area contributed by atoms with Gasteiger partial charge in [0, 0.05) is 19.3 Å². The molecule has 0 aliphatic carbocycles. The summed E-state index contributed by atoms with van der Waals surface area (Å²) in [5.41, 5.74) is 0. The molecule has 584 valence electrons. The second-order valence-corrected chi connectivity index (χ2v) is 28.3. The maximum absolute atomic E-state index is 13.0. The van der Waals surface area contributed by atoms with Crippen LogP contribution in [-0.4, -0.2) is 95.9 Å². The second kappa shape index (κ2) is 76.3. The van der Waals surface area contributed by atoms with Gasteiger partial charge in [-0.2, -0.15) is 0 Å². The van der Waals surface area contributed by atoms with Gasteiger partial charge in [-0.15, -0.1) is 0 Å². The molecule has 16 nitrogen and oxygen atoms in total. The maximum atomic E-state index is 13.0. The molecular weight excluding hydrogens is 1340 g/mol. The minimum Gasteiger partial charge on any atom is -0.463 e. The van der Waals surface area contributed by atoms with E-state index in [1.165, 1.54) is 25.7 Å². The fourth-order valence-corrected chi connectivity index (χ4v) is 11.4. The average Bonchev–Trinajstić information content (AvgIpc) is 0.922. The summed E-state index contributed by atoms with van der Waals surface area (Å²) in [7, 11) is -9.82. The average molecular weight is 1480 g/mol. The van der Waals surface area contributed by atoms with Crippen molar-refractivity contribution in [3.63, 3.8) is 0 Å². The summed E-state index contributed by atoms with van der Waals surface area (Å²) >= 11 is 0. The van der Waals surface area contributed by atoms with Crippen LogP contribution >= 0.6 is 15.6 Å². The topological polar surface area (TPSA) is 231 Å². The third-order valence-corrected chi connectivity index (χ3v) is 17.5. The van der Waals surface area contributed by atoms with Gasteiger partial charge in [0.1, 0.15) is 25.4 Å². The van der Waals surface area contributed by atoms with Crippen LogP contribution in [0.3, 0.4) is 0 Å². The third-order valence-electron chi connectivity index (χ3n) is 15.6. The van der Waals surface area contributed by atoms with E-state index in [9.17, 15) is 43.5 Å². The predicted molar refractivity (Wildman–Crippen MR) is 426 cm³/mol. The number of carbonyl (C=O) groups is 3. The van der Waals surface area contributed by atoms with E-state index in [0.717, 1.165) is 193 Å². The standard InChI is InChI=1S/C85H138O16P2/c1-4-7-10-13-16-19-22-25-28-31-34-36-38-39-41-43-45-47-50-53-56-59-62-65-68-71-83(88)95-74-80(86)75-97-102(91,92)98-76-81(87)77-99-103(93,94)100-79-82(101-85(90)73-70-67-64-61-58-55-52-49-44-33-30-27-24-21-18-15-12-9-6-3)78-96-84(89)72-69-66-63-60-57-54-51-48-46-42-40-37-35-32-29-26-23-20-17-14-11-8-5-2/h7-12,16-21,25-30,34-37,39,41-42,44,46,49,55,58,80-82,86-87H,4-6,13-15,22-24,31-33,38,40,43,45,47-48,50-54,56-57,59-79H2,1-3H3,(H,91,92)(H,93,94)/b10-7-,11-8-,12-9-,19-16-,20-17-,21-18-,28-25-,29-26-,30-27-,36-34-,37-35-,41-39-,46-42-,49-44-,58-55-. The number of allylic oxidation sites excluding steroid dienone is 30. The molecule has 0 fully saturated rings. The number of rotatable bonds is 72. The van der Waals surface area contributed by atoms with Crippen molar-refractivity contribution >= 4 is 33.6 Å². The van der Waals surface area contributed by atoms with Crippen LogP contribution in [0.4, 0.5) is 0 Å². The van der Waals surface area contributed by atoms with Crippen molar-refractivity contribution in [1.82, 2.24) is 0 Å². The van der Waals surface area contributed by atoms with Crippen LogP contribution in [0, 0.1) is 0 Å². The van der Waals surface area contributed by atoms with Crippen LogP contribution in [-0.2, 0) is 55.8 Å². The van der Waals surface area contributed by atoms with Gasteiger partial charge in [0.15, 0.2) is 6.10 Å². The molecule has 0 amide bonds. The first-order chi connectivity index (χ1) is 50.2. The largest absolute Gasteiger partial charge is 0.472 e. The molecule has 0 bridgehead atoms. The molecule has 0 rings (SSSR count). The Bertz CT molecular complexity index is 2600. The summed E-state index contributed by atoms with van der Waals surface area (Å²) in [5.74, 6) is -1.64. The zero-order valence-corrected chi connectivity index (χ0v) is 65.5. The van der Waals surface area contributed by atoms with Gasteiger partial charge in [-0.3, -0.25) is 32.5 Å². The number of aliphatic hydroxyl groups is 2. The molecule has 103 heavy (non-hydrogen) atoms. The van der Waals surface area contributed by atoms with Crippen LogP contribution in [0.5, 0.6) is 0 Å². The Hall–Kier alpha value is -5.35. The van der Waals surface area contributed by atoms with Gasteiger partial charge >= 0.3 is 33.6 Å². The van der Waals surface area contributed by atoms with Crippen molar-refractivity contribution in [3.8, 4) is 0 Å². The summed E-state index contributed by atoms with van der Waals surface area (Å²) in [6.45, 7) is 2.26. The molecule has 0 aromatic rings. The van der Waals surface area contributed by atoms with Crippen molar-refractivity contribution in [2.45, 2.75) is 296 Å². The molecule has 0 spiro atoms. The van der Waals surface area contributed by atoms with E-state index < -0.39 is 91.5 Å². The van der Waals surface area contributed by atoms with Crippen molar-refractivity contribution in [1.29, 1.82) is 0 Å². The van der Waals surface area contributed by atoms with Gasteiger partial charge in [0.25, 0.3) is 0 Å². The van der Waals surface area contributed by atoms with Crippen LogP contribution < -0.4 is 0 Å². The van der Waals surface area contributed by atoms with Gasteiger partial charge in [-0.05, 0) is 154 Å². The molecule has 0 aliphatic heterocycles. The number of phosphoric acid groups is 2. The predicted octanol–water partition coefficient (Wildman–Crippen LogP) is 23.0. The minimum absolute atomic E-state index is 0.0554. The molecule has 4 N–H and O–H groups in total. The number of hydrogen-bond acceptors (Lipinski definition) is 14. The number of unbranched alkanes of at least 4 members (excludes halogenated alkanes) is 19. The van der Waals surface area contributed by atoms with Crippen LogP contribution in [0.1, 0.15) is 278 Å². The SMILES string of the molecule is CC/C=C\C/C=C\C/C=C\C/C=C\C/C=C\CCCCCCCCCCCC(=O)OCC(O)COP(=O)(O)OCC(O)COP(=O)(O)OCC(COC(=O)CCCCCCCCC/C=C\C/C=C\C/C=C\C/C=C\C/C=C\CC)OC(=O)CCCCC/C=C\C/C=C\C/C=C\C/C=C\C/C=C\CC. The fraction of sp³-hybridized carbons (Fsp3) is 0.612. The van der Waals surface area contributed by atoms with Gasteiger partial charge in [0.05, 0.1) is 26.4 Å². The van der Waals surface area contributed by atoms with Crippen LogP contribution in [0.25, 0.3) is 0 Å². The number of ether oxygens (including phenoxy) is 3. The lowest BCUT2D eigenvalue weighted by atomic mass is 10.1. The molecule has 0 radical (unpaired) electrons. The Morgan fingerprint density at radius 3 is 0.777 bits per heavy atom. The van der Waals surface area contributed by atoms with Gasteiger partial charge in [-0.25, -0.2) is 9.13 Å². The number of phosphoric ester groups is 2. The van der Waals surface area contributed by atoms with Crippen molar-refractivity contribution in [2.24, 2.45) is 0 Å². The Labute approximate surface area is 624 Å². The monoisotopic (exact) mass is 1480 g/mol. The quantitative estimate of drug-likeness (QED) is 0.0146. The molecular formula is C85H138O16P2.